The van der Waals surface area contributed by atoms with Crippen LogP contribution in [0.5, 0.6) is 5.75 Å². The molecule has 0 spiro atoms. The lowest BCUT2D eigenvalue weighted by Gasteiger charge is -2.19. The highest BCUT2D eigenvalue weighted by atomic mass is 35.5. The van der Waals surface area contributed by atoms with E-state index >= 15 is 0 Å². The number of hydrogen-bond acceptors (Lipinski definition) is 4. The van der Waals surface area contributed by atoms with Gasteiger partial charge in [-0.1, -0.05) is 24.4 Å². The van der Waals surface area contributed by atoms with E-state index in [1.165, 1.54) is 0 Å². The van der Waals surface area contributed by atoms with Crippen molar-refractivity contribution in [2.45, 2.75) is 38.6 Å². The van der Waals surface area contributed by atoms with Gasteiger partial charge in [-0.3, -0.25) is 14.2 Å². The summed E-state index contributed by atoms with van der Waals surface area (Å²) in [6, 6.07) is 12.3. The summed E-state index contributed by atoms with van der Waals surface area (Å²) in [4.78, 5) is 32.2. The number of amides is 1. The van der Waals surface area contributed by atoms with E-state index in [4.69, 9.17) is 21.3 Å². The van der Waals surface area contributed by atoms with Crippen molar-refractivity contribution in [3.05, 3.63) is 69.2 Å². The Morgan fingerprint density at radius 3 is 2.71 bits per heavy atom. The zero-order valence-electron chi connectivity index (χ0n) is 17.6. The number of hydrogen-bond donors (Lipinski definition) is 0. The minimum Gasteiger partial charge on any atom is -0.492 e. The fraction of sp³-hybridized carbons (Fsp3) is 0.375. The van der Waals surface area contributed by atoms with Gasteiger partial charge in [0, 0.05) is 30.6 Å². The topological polar surface area (TPSA) is 64.4 Å². The van der Waals surface area contributed by atoms with Crippen LogP contribution in [0.25, 0.3) is 10.9 Å². The lowest BCUT2D eigenvalue weighted by atomic mass is 10.1. The summed E-state index contributed by atoms with van der Waals surface area (Å²) >= 11 is 5.88. The maximum atomic E-state index is 13.0. The first-order valence-corrected chi connectivity index (χ1v) is 11.1. The molecule has 2 aromatic carbocycles. The largest absolute Gasteiger partial charge is 0.492 e. The smallest absolute Gasteiger partial charge is 0.261 e. The number of rotatable bonds is 5. The summed E-state index contributed by atoms with van der Waals surface area (Å²) < 4.78 is 7.49. The van der Waals surface area contributed by atoms with Crippen molar-refractivity contribution in [1.29, 1.82) is 0 Å². The van der Waals surface area contributed by atoms with Gasteiger partial charge in [-0.25, -0.2) is 4.98 Å². The van der Waals surface area contributed by atoms with E-state index in [-0.39, 0.29) is 11.5 Å². The quantitative estimate of drug-likeness (QED) is 0.594. The summed E-state index contributed by atoms with van der Waals surface area (Å²) in [6.45, 7) is 1.51. The molecule has 1 aliphatic heterocycles. The van der Waals surface area contributed by atoms with E-state index in [0.717, 1.165) is 37.9 Å². The molecule has 0 unspecified atom stereocenters. The molecule has 0 saturated heterocycles. The summed E-state index contributed by atoms with van der Waals surface area (Å²) in [5, 5.41) is 1.21. The highest BCUT2D eigenvalue weighted by Crippen LogP contribution is 2.18. The van der Waals surface area contributed by atoms with Gasteiger partial charge in [-0.2, -0.15) is 0 Å². The van der Waals surface area contributed by atoms with Crippen molar-refractivity contribution in [2.24, 2.45) is 0 Å². The van der Waals surface area contributed by atoms with Gasteiger partial charge in [0.15, 0.2) is 0 Å². The molecule has 1 amide bonds. The molecule has 0 fully saturated rings. The number of fused-ring (bicyclic) bond motifs is 2. The molecule has 4 rings (SSSR count). The van der Waals surface area contributed by atoms with Gasteiger partial charge < -0.3 is 9.64 Å². The fourth-order valence-corrected chi connectivity index (χ4v) is 4.01. The lowest BCUT2D eigenvalue weighted by molar-refractivity contribution is 0.0774. The number of likely N-dealkylation sites (N-methyl/N-ethyl adjacent to an activating group) is 1. The molecular weight excluding hydrogens is 414 g/mol. The van der Waals surface area contributed by atoms with Crippen molar-refractivity contribution >= 4 is 28.4 Å². The number of halogens is 1. The second-order valence-electron chi connectivity index (χ2n) is 7.91. The van der Waals surface area contributed by atoms with Crippen LogP contribution < -0.4 is 10.3 Å². The first-order valence-electron chi connectivity index (χ1n) is 10.7. The monoisotopic (exact) mass is 439 g/mol. The first kappa shape index (κ1) is 21.4. The Hall–Kier alpha value is -2.86. The minimum absolute atomic E-state index is 0.00869. The van der Waals surface area contributed by atoms with Crippen LogP contribution in [0.15, 0.2) is 47.3 Å². The van der Waals surface area contributed by atoms with Gasteiger partial charge in [-0.05, 0) is 55.3 Å². The van der Waals surface area contributed by atoms with Crippen molar-refractivity contribution in [1.82, 2.24) is 14.5 Å². The van der Waals surface area contributed by atoms with Crippen molar-refractivity contribution < 1.29 is 9.53 Å². The second-order valence-corrected chi connectivity index (χ2v) is 8.35. The summed E-state index contributed by atoms with van der Waals surface area (Å²) in [6.07, 6.45) is 5.14. The van der Waals surface area contributed by atoms with Gasteiger partial charge >= 0.3 is 0 Å². The van der Waals surface area contributed by atoms with Crippen molar-refractivity contribution in [3.63, 3.8) is 0 Å². The molecule has 0 radical (unpaired) electrons. The number of aryl methyl sites for hydroxylation is 1. The Labute approximate surface area is 186 Å². The predicted octanol–water partition coefficient (Wildman–Crippen LogP) is 4.32. The molecule has 1 aliphatic rings. The zero-order chi connectivity index (χ0) is 21.8. The molecule has 3 aromatic rings. The highest BCUT2D eigenvalue weighted by molar-refractivity contribution is 6.30. The Bertz CT molecular complexity index is 1140. The molecule has 0 atom stereocenters. The highest BCUT2D eigenvalue weighted by Gasteiger charge is 2.16. The molecule has 0 N–H and O–H groups in total. The summed E-state index contributed by atoms with van der Waals surface area (Å²) in [5.74, 6) is 1.40. The van der Waals surface area contributed by atoms with Crippen LogP contribution in [0.2, 0.25) is 5.02 Å². The van der Waals surface area contributed by atoms with Crippen LogP contribution in [0.4, 0.5) is 0 Å². The zero-order valence-corrected chi connectivity index (χ0v) is 18.4. The average Bonchev–Trinajstić information content (AvgIpc) is 2.75. The van der Waals surface area contributed by atoms with Crippen LogP contribution >= 0.6 is 11.6 Å². The van der Waals surface area contributed by atoms with E-state index < -0.39 is 0 Å². The van der Waals surface area contributed by atoms with Crippen LogP contribution in [0.3, 0.4) is 0 Å². The Balaban J connectivity index is 1.49. The normalized spacial score (nSPS) is 13.9. The maximum absolute atomic E-state index is 13.0. The summed E-state index contributed by atoms with van der Waals surface area (Å²) in [7, 11) is 1.74. The number of carbonyl (C=O) groups is 1. The minimum atomic E-state index is -0.129. The molecule has 6 nitrogen and oxygen atoms in total. The number of aromatic nitrogens is 2. The number of carbonyl (C=O) groups excluding carboxylic acids is 1. The predicted molar refractivity (Wildman–Crippen MR) is 122 cm³/mol. The maximum Gasteiger partial charge on any atom is 0.261 e. The molecule has 162 valence electrons. The van der Waals surface area contributed by atoms with Gasteiger partial charge in [-0.15, -0.1) is 0 Å². The SMILES string of the molecule is CN(CCOc1ccc(Cl)cc1)C(=O)c1ccc2c(=O)n3c(nc2c1)CCCCCC3. The van der Waals surface area contributed by atoms with E-state index in [1.54, 1.807) is 54.4 Å². The number of ether oxygens (including phenoxy) is 1. The lowest BCUT2D eigenvalue weighted by Crippen LogP contribution is -2.31. The number of nitrogens with zero attached hydrogens (tertiary/aromatic N) is 3. The van der Waals surface area contributed by atoms with Gasteiger partial charge in [0.2, 0.25) is 0 Å². The Morgan fingerprint density at radius 2 is 1.90 bits per heavy atom. The molecular formula is C24H26ClN3O3. The molecule has 0 bridgehead atoms. The third-order valence-electron chi connectivity index (χ3n) is 5.67. The third kappa shape index (κ3) is 4.90. The molecule has 1 aromatic heterocycles. The van der Waals surface area contributed by atoms with Gasteiger partial charge in [0.25, 0.3) is 11.5 Å². The van der Waals surface area contributed by atoms with Crippen LogP contribution in [-0.4, -0.2) is 40.6 Å². The summed E-state index contributed by atoms with van der Waals surface area (Å²) in [5.41, 5.74) is 1.10. The average molecular weight is 440 g/mol. The molecule has 7 heteroatoms. The van der Waals surface area contributed by atoms with E-state index in [1.807, 2.05) is 4.57 Å². The van der Waals surface area contributed by atoms with Crippen molar-refractivity contribution in [3.8, 4) is 5.75 Å². The van der Waals surface area contributed by atoms with E-state index in [0.29, 0.717) is 46.9 Å². The Kier molecular flexibility index (Phi) is 6.56. The van der Waals surface area contributed by atoms with E-state index in [9.17, 15) is 9.59 Å². The van der Waals surface area contributed by atoms with Crippen molar-refractivity contribution in [2.75, 3.05) is 20.2 Å². The number of benzene rings is 2. The van der Waals surface area contributed by atoms with Crippen LogP contribution in [-0.2, 0) is 13.0 Å². The van der Waals surface area contributed by atoms with E-state index in [2.05, 4.69) is 0 Å². The van der Waals surface area contributed by atoms with Crippen LogP contribution in [0, 0.1) is 0 Å². The molecule has 2 heterocycles. The Morgan fingerprint density at radius 1 is 1.13 bits per heavy atom. The standard InChI is InChI=1S/C24H26ClN3O3/c1-27(14-15-31-19-10-8-18(25)9-11-19)23(29)17-7-12-20-21(16-17)26-22-6-4-2-3-5-13-28(22)24(20)30/h7-12,16H,2-6,13-15H2,1H3. The molecule has 31 heavy (non-hydrogen) atoms. The first-order chi connectivity index (χ1) is 15.0. The van der Waals surface area contributed by atoms with Gasteiger partial charge in [0.05, 0.1) is 17.4 Å². The second kappa shape index (κ2) is 9.52. The third-order valence-corrected chi connectivity index (χ3v) is 5.92. The van der Waals surface area contributed by atoms with Crippen LogP contribution in [0.1, 0.15) is 41.9 Å². The molecule has 0 saturated carbocycles. The molecule has 0 aliphatic carbocycles. The fourth-order valence-electron chi connectivity index (χ4n) is 3.88. The van der Waals surface area contributed by atoms with Gasteiger partial charge in [0.1, 0.15) is 18.2 Å².